The van der Waals surface area contributed by atoms with E-state index in [0.717, 1.165) is 5.56 Å². The molecule has 0 atom stereocenters. The number of nitrogens with one attached hydrogen (secondary N) is 1. The second-order valence-electron chi connectivity index (χ2n) is 5.31. The van der Waals surface area contributed by atoms with E-state index in [0.29, 0.717) is 25.3 Å². The standard InChI is InChI=1S/C18H22N2O4/c1-23-12-10-20(13-15-5-3-2-4-6-15)17(21)7-9-19-18(22)16-8-11-24-14-16/h2-6,8,11,14H,7,9-10,12-13H2,1H3,(H,19,22). The number of rotatable bonds is 9. The van der Waals surface area contributed by atoms with Gasteiger partial charge in [0.1, 0.15) is 6.26 Å². The fraction of sp³-hybridized carbons (Fsp3) is 0.333. The van der Waals surface area contributed by atoms with Crippen molar-refractivity contribution in [3.8, 4) is 0 Å². The van der Waals surface area contributed by atoms with Crippen LogP contribution in [0.1, 0.15) is 22.3 Å². The lowest BCUT2D eigenvalue weighted by atomic mass is 10.2. The maximum atomic E-state index is 12.4. The van der Waals surface area contributed by atoms with E-state index in [9.17, 15) is 9.59 Å². The van der Waals surface area contributed by atoms with Crippen LogP contribution in [-0.2, 0) is 16.1 Å². The SMILES string of the molecule is COCCN(Cc1ccccc1)C(=O)CCNC(=O)c1ccoc1. The minimum Gasteiger partial charge on any atom is -0.472 e. The zero-order chi connectivity index (χ0) is 17.2. The number of hydrogen-bond donors (Lipinski definition) is 1. The van der Waals surface area contributed by atoms with Gasteiger partial charge < -0.3 is 19.4 Å². The normalized spacial score (nSPS) is 10.4. The number of methoxy groups -OCH3 is 1. The predicted molar refractivity (Wildman–Crippen MR) is 89.4 cm³/mol. The smallest absolute Gasteiger partial charge is 0.254 e. The van der Waals surface area contributed by atoms with Gasteiger partial charge in [-0.2, -0.15) is 0 Å². The monoisotopic (exact) mass is 330 g/mol. The Hall–Kier alpha value is -2.60. The number of carbonyl (C=O) groups excluding carboxylic acids is 2. The summed E-state index contributed by atoms with van der Waals surface area (Å²) in [4.78, 5) is 26.0. The second kappa shape index (κ2) is 9.52. The minimum absolute atomic E-state index is 0.0246. The summed E-state index contributed by atoms with van der Waals surface area (Å²) in [5, 5.41) is 2.71. The number of furan rings is 1. The van der Waals surface area contributed by atoms with Crippen molar-refractivity contribution in [3.63, 3.8) is 0 Å². The van der Waals surface area contributed by atoms with Gasteiger partial charge in [-0.15, -0.1) is 0 Å². The van der Waals surface area contributed by atoms with Gasteiger partial charge in [0.05, 0.1) is 18.4 Å². The molecule has 0 fully saturated rings. The molecular formula is C18H22N2O4. The lowest BCUT2D eigenvalue weighted by molar-refractivity contribution is -0.132. The van der Waals surface area contributed by atoms with Crippen LogP contribution in [-0.4, -0.2) is 43.5 Å². The number of hydrogen-bond acceptors (Lipinski definition) is 4. The van der Waals surface area contributed by atoms with Crippen molar-refractivity contribution in [2.45, 2.75) is 13.0 Å². The Kier molecular flexibility index (Phi) is 7.04. The van der Waals surface area contributed by atoms with Gasteiger partial charge in [0.15, 0.2) is 0 Å². The average Bonchev–Trinajstić information content (AvgIpc) is 3.14. The van der Waals surface area contributed by atoms with E-state index in [1.807, 2.05) is 30.3 Å². The summed E-state index contributed by atoms with van der Waals surface area (Å²) in [6.45, 7) is 1.79. The molecular weight excluding hydrogens is 308 g/mol. The van der Waals surface area contributed by atoms with Gasteiger partial charge in [-0.1, -0.05) is 30.3 Å². The molecule has 0 radical (unpaired) electrons. The first-order valence-electron chi connectivity index (χ1n) is 7.81. The first-order chi connectivity index (χ1) is 11.7. The van der Waals surface area contributed by atoms with E-state index in [-0.39, 0.29) is 24.8 Å². The van der Waals surface area contributed by atoms with Gasteiger partial charge in [0, 0.05) is 33.2 Å². The molecule has 1 aromatic heterocycles. The molecule has 6 nitrogen and oxygen atoms in total. The Morgan fingerprint density at radius 3 is 2.67 bits per heavy atom. The molecule has 128 valence electrons. The van der Waals surface area contributed by atoms with Crippen molar-refractivity contribution in [2.24, 2.45) is 0 Å². The molecule has 0 aliphatic rings. The third kappa shape index (κ3) is 5.55. The summed E-state index contributed by atoms with van der Waals surface area (Å²) in [7, 11) is 1.61. The molecule has 1 aromatic carbocycles. The summed E-state index contributed by atoms with van der Waals surface area (Å²) < 4.78 is 9.94. The fourth-order valence-corrected chi connectivity index (χ4v) is 2.23. The van der Waals surface area contributed by atoms with Gasteiger partial charge >= 0.3 is 0 Å². The molecule has 1 heterocycles. The Balaban J connectivity index is 1.84. The van der Waals surface area contributed by atoms with E-state index in [2.05, 4.69) is 5.32 Å². The van der Waals surface area contributed by atoms with Crippen molar-refractivity contribution in [2.75, 3.05) is 26.8 Å². The topological polar surface area (TPSA) is 71.8 Å². The van der Waals surface area contributed by atoms with Crippen LogP contribution in [0.15, 0.2) is 53.3 Å². The van der Waals surface area contributed by atoms with E-state index in [1.54, 1.807) is 18.1 Å². The van der Waals surface area contributed by atoms with E-state index < -0.39 is 0 Å². The fourth-order valence-electron chi connectivity index (χ4n) is 2.23. The van der Waals surface area contributed by atoms with E-state index in [4.69, 9.17) is 9.15 Å². The number of amides is 2. The maximum Gasteiger partial charge on any atom is 0.254 e. The highest BCUT2D eigenvalue weighted by Crippen LogP contribution is 2.06. The van der Waals surface area contributed by atoms with Crippen molar-refractivity contribution >= 4 is 11.8 Å². The number of benzene rings is 1. The van der Waals surface area contributed by atoms with Crippen LogP contribution >= 0.6 is 0 Å². The Bertz CT molecular complexity index is 626. The lowest BCUT2D eigenvalue weighted by Crippen LogP contribution is -2.36. The van der Waals surface area contributed by atoms with Crippen molar-refractivity contribution in [1.82, 2.24) is 10.2 Å². The molecule has 0 spiro atoms. The largest absolute Gasteiger partial charge is 0.472 e. The summed E-state index contributed by atoms with van der Waals surface area (Å²) in [6.07, 6.45) is 3.05. The molecule has 0 saturated carbocycles. The second-order valence-corrected chi connectivity index (χ2v) is 5.31. The maximum absolute atomic E-state index is 12.4. The highest BCUT2D eigenvalue weighted by molar-refractivity contribution is 5.94. The van der Waals surface area contributed by atoms with E-state index >= 15 is 0 Å². The van der Waals surface area contributed by atoms with Crippen LogP contribution in [0, 0.1) is 0 Å². The molecule has 2 rings (SSSR count). The lowest BCUT2D eigenvalue weighted by Gasteiger charge is -2.22. The molecule has 1 N–H and O–H groups in total. The Morgan fingerprint density at radius 1 is 1.21 bits per heavy atom. The molecule has 0 saturated heterocycles. The highest BCUT2D eigenvalue weighted by Gasteiger charge is 2.14. The number of ether oxygens (including phenoxy) is 1. The molecule has 24 heavy (non-hydrogen) atoms. The van der Waals surface area contributed by atoms with Crippen LogP contribution in [0.3, 0.4) is 0 Å². The molecule has 0 unspecified atom stereocenters. The zero-order valence-electron chi connectivity index (χ0n) is 13.7. The number of carbonyl (C=O) groups is 2. The molecule has 2 aromatic rings. The molecule has 0 aliphatic carbocycles. The zero-order valence-corrected chi connectivity index (χ0v) is 13.7. The predicted octanol–water partition coefficient (Wildman–Crippen LogP) is 2.07. The van der Waals surface area contributed by atoms with Gasteiger partial charge in [0.25, 0.3) is 5.91 Å². The van der Waals surface area contributed by atoms with Crippen LogP contribution in [0.5, 0.6) is 0 Å². The molecule has 0 aliphatic heterocycles. The van der Waals surface area contributed by atoms with Crippen molar-refractivity contribution in [3.05, 3.63) is 60.1 Å². The molecule has 2 amide bonds. The van der Waals surface area contributed by atoms with Gasteiger partial charge in [0.2, 0.25) is 5.91 Å². The van der Waals surface area contributed by atoms with Crippen LogP contribution in [0.4, 0.5) is 0 Å². The van der Waals surface area contributed by atoms with Gasteiger partial charge in [-0.25, -0.2) is 0 Å². The van der Waals surface area contributed by atoms with Gasteiger partial charge in [-0.3, -0.25) is 9.59 Å². The van der Waals surface area contributed by atoms with Gasteiger partial charge in [-0.05, 0) is 11.6 Å². The third-order valence-corrected chi connectivity index (χ3v) is 3.54. The summed E-state index contributed by atoms with van der Waals surface area (Å²) in [5.74, 6) is -0.272. The van der Waals surface area contributed by atoms with Crippen LogP contribution in [0.25, 0.3) is 0 Å². The first-order valence-corrected chi connectivity index (χ1v) is 7.81. The molecule has 0 bridgehead atoms. The molecule has 6 heteroatoms. The van der Waals surface area contributed by atoms with Crippen LogP contribution < -0.4 is 5.32 Å². The highest BCUT2D eigenvalue weighted by atomic mass is 16.5. The number of nitrogens with zero attached hydrogens (tertiary/aromatic N) is 1. The quantitative estimate of drug-likeness (QED) is 0.764. The summed E-state index contributed by atoms with van der Waals surface area (Å²) in [5.41, 5.74) is 1.51. The first kappa shape index (κ1) is 17.7. The van der Waals surface area contributed by atoms with Crippen LogP contribution in [0.2, 0.25) is 0 Å². The Labute approximate surface area is 141 Å². The summed E-state index contributed by atoms with van der Waals surface area (Å²) in [6, 6.07) is 11.4. The third-order valence-electron chi connectivity index (χ3n) is 3.54. The minimum atomic E-state index is -0.247. The van der Waals surface area contributed by atoms with E-state index in [1.165, 1.54) is 12.5 Å². The Morgan fingerprint density at radius 2 is 2.00 bits per heavy atom. The van der Waals surface area contributed by atoms with Crippen molar-refractivity contribution < 1.29 is 18.7 Å². The average molecular weight is 330 g/mol. The van der Waals surface area contributed by atoms with Crippen molar-refractivity contribution in [1.29, 1.82) is 0 Å². The summed E-state index contributed by atoms with van der Waals surface area (Å²) >= 11 is 0.